The summed E-state index contributed by atoms with van der Waals surface area (Å²) in [7, 11) is -1.48. The van der Waals surface area contributed by atoms with Gasteiger partial charge in [-0.1, -0.05) is 13.3 Å². The van der Waals surface area contributed by atoms with Gasteiger partial charge in [-0.3, -0.25) is 13.2 Å². The van der Waals surface area contributed by atoms with Gasteiger partial charge < -0.3 is 4.74 Å². The number of hydrogen-bond donors (Lipinski definition) is 0. The standard InChI is InChI=1S/C14H28O4S2/c1-5-6-9-20(4)17-12(2)10-13(18-20)11-14(15)16-7-8-19-3/h12-13H,5-11H2,1-4H3. The second-order valence-corrected chi connectivity index (χ2v) is 8.89. The molecule has 0 aliphatic carbocycles. The molecule has 0 N–H and O–H groups in total. The highest BCUT2D eigenvalue weighted by Crippen LogP contribution is 2.53. The maximum atomic E-state index is 11.8. The molecule has 0 radical (unpaired) electrons. The Kier molecular flexibility index (Phi) is 8.32. The lowest BCUT2D eigenvalue weighted by molar-refractivity contribution is -0.145. The van der Waals surface area contributed by atoms with Crippen LogP contribution >= 0.6 is 22.4 Å². The Hall–Kier alpha value is 0.0900. The molecule has 1 aliphatic rings. The van der Waals surface area contributed by atoms with Crippen LogP contribution in [0.4, 0.5) is 0 Å². The third kappa shape index (κ3) is 6.70. The van der Waals surface area contributed by atoms with E-state index in [-0.39, 0.29) is 18.2 Å². The van der Waals surface area contributed by atoms with E-state index < -0.39 is 10.6 Å². The monoisotopic (exact) mass is 324 g/mol. The van der Waals surface area contributed by atoms with Crippen LogP contribution in [0.5, 0.6) is 0 Å². The predicted octanol–water partition coefficient (Wildman–Crippen LogP) is 3.54. The number of unbranched alkanes of at least 4 members (excludes halogenated alkanes) is 1. The van der Waals surface area contributed by atoms with Crippen molar-refractivity contribution < 1.29 is 17.9 Å². The summed E-state index contributed by atoms with van der Waals surface area (Å²) in [5.41, 5.74) is 0. The Morgan fingerprint density at radius 3 is 2.85 bits per heavy atom. The number of thioether (sulfide) groups is 1. The largest absolute Gasteiger partial charge is 0.465 e. The molecule has 0 saturated carbocycles. The van der Waals surface area contributed by atoms with Gasteiger partial charge >= 0.3 is 5.97 Å². The summed E-state index contributed by atoms with van der Waals surface area (Å²) in [6.45, 7) is 4.71. The van der Waals surface area contributed by atoms with Crippen LogP contribution < -0.4 is 0 Å². The molecule has 1 heterocycles. The quantitative estimate of drug-likeness (QED) is 0.505. The molecular formula is C14H28O4S2. The highest BCUT2D eigenvalue weighted by Gasteiger charge is 2.32. The lowest BCUT2D eigenvalue weighted by Crippen LogP contribution is -2.34. The molecule has 20 heavy (non-hydrogen) atoms. The molecule has 1 saturated heterocycles. The summed E-state index contributed by atoms with van der Waals surface area (Å²) in [4.78, 5) is 11.8. The van der Waals surface area contributed by atoms with Crippen molar-refractivity contribution in [3.05, 3.63) is 0 Å². The van der Waals surface area contributed by atoms with Crippen LogP contribution in [0.25, 0.3) is 0 Å². The molecule has 0 amide bonds. The molecule has 0 aromatic carbocycles. The molecule has 3 unspecified atom stereocenters. The van der Waals surface area contributed by atoms with Gasteiger partial charge in [0.2, 0.25) is 0 Å². The zero-order valence-corrected chi connectivity index (χ0v) is 14.7. The van der Waals surface area contributed by atoms with E-state index in [2.05, 4.69) is 20.1 Å². The Morgan fingerprint density at radius 2 is 2.20 bits per heavy atom. The number of esters is 1. The number of rotatable bonds is 8. The molecule has 0 spiro atoms. The molecule has 120 valence electrons. The fourth-order valence-corrected chi connectivity index (χ4v) is 5.01. The van der Waals surface area contributed by atoms with Gasteiger partial charge in [0.15, 0.2) is 0 Å². The first-order valence-electron chi connectivity index (χ1n) is 7.26. The van der Waals surface area contributed by atoms with Crippen LogP contribution in [-0.4, -0.2) is 48.8 Å². The Morgan fingerprint density at radius 1 is 1.45 bits per heavy atom. The minimum absolute atomic E-state index is 0.0580. The second-order valence-electron chi connectivity index (χ2n) is 5.26. The van der Waals surface area contributed by atoms with E-state index in [0.29, 0.717) is 13.0 Å². The van der Waals surface area contributed by atoms with E-state index in [0.717, 1.165) is 30.8 Å². The van der Waals surface area contributed by atoms with E-state index in [1.54, 1.807) is 11.8 Å². The molecule has 1 aliphatic heterocycles. The highest BCUT2D eigenvalue weighted by molar-refractivity contribution is 8.25. The molecule has 0 aromatic rings. The minimum atomic E-state index is -1.48. The average Bonchev–Trinajstić information content (AvgIpc) is 2.35. The summed E-state index contributed by atoms with van der Waals surface area (Å²) in [6, 6.07) is 0. The first-order chi connectivity index (χ1) is 9.49. The number of carbonyl (C=O) groups is 1. The first-order valence-corrected chi connectivity index (χ1v) is 10.7. The van der Waals surface area contributed by atoms with Gasteiger partial charge in [0, 0.05) is 24.2 Å². The summed E-state index contributed by atoms with van der Waals surface area (Å²) < 4.78 is 17.3. The number of carbonyl (C=O) groups excluding carboxylic acids is 1. The fraction of sp³-hybridized carbons (Fsp3) is 0.929. The summed E-state index contributed by atoms with van der Waals surface area (Å²) in [5.74, 6) is 1.64. The van der Waals surface area contributed by atoms with Crippen molar-refractivity contribution in [1.82, 2.24) is 0 Å². The molecule has 0 bridgehead atoms. The van der Waals surface area contributed by atoms with Gasteiger partial charge in [-0.15, -0.1) is 0 Å². The van der Waals surface area contributed by atoms with E-state index in [4.69, 9.17) is 13.1 Å². The maximum absolute atomic E-state index is 11.8. The van der Waals surface area contributed by atoms with Gasteiger partial charge in [-0.05, 0) is 19.6 Å². The minimum Gasteiger partial charge on any atom is -0.465 e. The van der Waals surface area contributed by atoms with Gasteiger partial charge in [0.25, 0.3) is 0 Å². The van der Waals surface area contributed by atoms with Crippen LogP contribution in [0.2, 0.25) is 0 Å². The van der Waals surface area contributed by atoms with Crippen LogP contribution in [-0.2, 0) is 17.9 Å². The van der Waals surface area contributed by atoms with Crippen LogP contribution in [0.1, 0.15) is 39.5 Å². The van der Waals surface area contributed by atoms with Crippen molar-refractivity contribution in [1.29, 1.82) is 0 Å². The summed E-state index contributed by atoms with van der Waals surface area (Å²) >= 11 is 1.67. The van der Waals surface area contributed by atoms with Crippen molar-refractivity contribution in [2.24, 2.45) is 0 Å². The zero-order valence-electron chi connectivity index (χ0n) is 13.1. The van der Waals surface area contributed by atoms with E-state index in [9.17, 15) is 4.79 Å². The summed E-state index contributed by atoms with van der Waals surface area (Å²) in [5, 5.41) is 0. The number of ether oxygens (including phenoxy) is 1. The SMILES string of the molecule is CCCCS1(C)OC(C)CC(CC(=O)OCCSC)O1. The molecule has 3 atom stereocenters. The molecule has 1 fully saturated rings. The van der Waals surface area contributed by atoms with Gasteiger partial charge in [0.1, 0.15) is 6.61 Å². The first kappa shape index (κ1) is 18.1. The highest BCUT2D eigenvalue weighted by atomic mass is 32.3. The van der Waals surface area contributed by atoms with Crippen molar-refractivity contribution in [3.8, 4) is 0 Å². The van der Waals surface area contributed by atoms with Crippen LogP contribution in [0.3, 0.4) is 0 Å². The normalized spacial score (nSPS) is 33.4. The number of hydrogen-bond acceptors (Lipinski definition) is 5. The van der Waals surface area contributed by atoms with Crippen LogP contribution in [0, 0.1) is 0 Å². The maximum Gasteiger partial charge on any atom is 0.308 e. The van der Waals surface area contributed by atoms with Gasteiger partial charge in [-0.25, -0.2) is 0 Å². The Bertz CT molecular complexity index is 301. The zero-order chi connectivity index (χ0) is 15.0. The van der Waals surface area contributed by atoms with Crippen molar-refractivity contribution in [2.45, 2.75) is 51.7 Å². The van der Waals surface area contributed by atoms with Crippen molar-refractivity contribution >= 4 is 28.3 Å². The summed E-state index contributed by atoms with van der Waals surface area (Å²) in [6.07, 6.45) is 7.50. The van der Waals surface area contributed by atoms with E-state index >= 15 is 0 Å². The molecule has 6 heteroatoms. The van der Waals surface area contributed by atoms with E-state index in [1.165, 1.54) is 0 Å². The van der Waals surface area contributed by atoms with Crippen molar-refractivity contribution in [3.63, 3.8) is 0 Å². The van der Waals surface area contributed by atoms with Crippen LogP contribution in [0.15, 0.2) is 0 Å². The Labute approximate surface area is 129 Å². The van der Waals surface area contributed by atoms with Gasteiger partial charge in [-0.2, -0.15) is 22.4 Å². The topological polar surface area (TPSA) is 44.8 Å². The molecule has 0 aromatic heterocycles. The third-order valence-electron chi connectivity index (χ3n) is 3.12. The lowest BCUT2D eigenvalue weighted by Gasteiger charge is -2.48. The smallest absolute Gasteiger partial charge is 0.308 e. The third-order valence-corrected chi connectivity index (χ3v) is 6.14. The second kappa shape index (κ2) is 9.18. The van der Waals surface area contributed by atoms with E-state index in [1.807, 2.05) is 6.26 Å². The molecule has 4 nitrogen and oxygen atoms in total. The predicted molar refractivity (Wildman–Crippen MR) is 87.3 cm³/mol. The fourth-order valence-electron chi connectivity index (χ4n) is 2.21. The van der Waals surface area contributed by atoms with Gasteiger partial charge in [0.05, 0.1) is 18.6 Å². The van der Waals surface area contributed by atoms with Crippen molar-refractivity contribution in [2.75, 3.05) is 30.6 Å². The lowest BCUT2D eigenvalue weighted by atomic mass is 10.1. The Balaban J connectivity index is 2.42. The average molecular weight is 325 g/mol. The molecule has 1 rings (SSSR count). The molecular weight excluding hydrogens is 296 g/mol.